The number of hydrogen-bond donors (Lipinski definition) is 5. The van der Waals surface area contributed by atoms with Crippen molar-refractivity contribution >= 4 is 63.6 Å². The highest BCUT2D eigenvalue weighted by molar-refractivity contribution is 7.13. The second-order valence-corrected chi connectivity index (χ2v) is 20.5. The van der Waals surface area contributed by atoms with Crippen LogP contribution in [0.3, 0.4) is 0 Å². The zero-order valence-corrected chi connectivity index (χ0v) is 47.0. The van der Waals surface area contributed by atoms with Crippen LogP contribution >= 0.6 is 11.3 Å². The standard InChI is InChI=1S/C50H64N12O8S.C8H7NO/c1-34(2)26-46(64)62-15-5-6-42(62)50(65)55-28-37-8-7-36(47-35(3)56-33-71-47)27-43(37)70-25-24-68-21-20-66-18-19-67-22-23-69-32-45(63)53-13-16-60(4)39-11-9-38(10-12-39)57-48-49-54-14-17-61(49)31-41(59-48)40-29-52-30-44(51)58-40;10-8-7-4-2-1-3-6(7)5-9-8/h7-12,14,17,27,29-31,33-34,42H,5-6,13,15-16,18-26,28,32H2,1-4H3,(H2,51,58)(H,53,63)(H,55,65)(H,57,59);1-4H,5H2,(H,9,10). The number of hydrogen-bond acceptors (Lipinski definition) is 18. The number of aromatic nitrogens is 6. The van der Waals surface area contributed by atoms with E-state index in [1.807, 2.05) is 122 Å². The first-order chi connectivity index (χ1) is 39.4. The molecule has 6 N–H and O–H groups in total. The van der Waals surface area contributed by atoms with Gasteiger partial charge in [-0.25, -0.2) is 19.9 Å². The molecule has 7 aromatic rings. The fourth-order valence-electron chi connectivity index (χ4n) is 8.98. The van der Waals surface area contributed by atoms with Gasteiger partial charge in [0.05, 0.1) is 74.7 Å². The second-order valence-electron chi connectivity index (χ2n) is 19.6. The molecule has 6 heterocycles. The lowest BCUT2D eigenvalue weighted by molar-refractivity contribution is -0.139. The maximum absolute atomic E-state index is 13.3. The van der Waals surface area contributed by atoms with Crippen LogP contribution in [0.1, 0.15) is 60.3 Å². The third-order valence-corrected chi connectivity index (χ3v) is 14.1. The average molecular weight is 1130 g/mol. The fourth-order valence-corrected chi connectivity index (χ4v) is 9.79. The number of carbonyl (C=O) groups is 4. The molecule has 0 spiro atoms. The molecule has 9 rings (SSSR count). The Balaban J connectivity index is 0.000000768. The number of anilines is 4. The highest BCUT2D eigenvalue weighted by Gasteiger charge is 2.34. The lowest BCUT2D eigenvalue weighted by Gasteiger charge is -2.25. The van der Waals surface area contributed by atoms with Crippen molar-refractivity contribution in [2.24, 2.45) is 5.92 Å². The maximum Gasteiger partial charge on any atom is 0.251 e. The van der Waals surface area contributed by atoms with E-state index in [1.165, 1.54) is 6.20 Å². The summed E-state index contributed by atoms with van der Waals surface area (Å²) in [5.41, 5.74) is 15.9. The van der Waals surface area contributed by atoms with Crippen molar-refractivity contribution in [2.45, 2.75) is 59.2 Å². The second kappa shape index (κ2) is 29.9. The number of carbonyl (C=O) groups excluding carboxylic acids is 4. The van der Waals surface area contributed by atoms with Crippen LogP contribution in [-0.2, 0) is 46.4 Å². The van der Waals surface area contributed by atoms with Crippen LogP contribution in [0.2, 0.25) is 0 Å². The Morgan fingerprint density at radius 2 is 1.64 bits per heavy atom. The summed E-state index contributed by atoms with van der Waals surface area (Å²) in [5.74, 6) is 1.47. The van der Waals surface area contributed by atoms with Crippen LogP contribution in [0.25, 0.3) is 27.5 Å². The summed E-state index contributed by atoms with van der Waals surface area (Å²) in [4.78, 5) is 76.3. The predicted octanol–water partition coefficient (Wildman–Crippen LogP) is 6.23. The Kier molecular flexibility index (Phi) is 21.8. The first-order valence-electron chi connectivity index (χ1n) is 27.1. The molecule has 1 atom stereocenters. The quantitative estimate of drug-likeness (QED) is 0.0341. The number of amides is 4. The summed E-state index contributed by atoms with van der Waals surface area (Å²) < 4.78 is 30.5. The molecule has 0 aliphatic carbocycles. The van der Waals surface area contributed by atoms with Gasteiger partial charge < -0.3 is 64.9 Å². The molecule has 22 nitrogen and oxygen atoms in total. The van der Waals surface area contributed by atoms with Gasteiger partial charge in [-0.1, -0.05) is 44.2 Å². The molecule has 4 aromatic heterocycles. The number of nitrogens with one attached hydrogen (secondary N) is 4. The summed E-state index contributed by atoms with van der Waals surface area (Å²) in [7, 11) is 1.96. The number of aryl methyl sites for hydroxylation is 1. The highest BCUT2D eigenvalue weighted by atomic mass is 32.1. The van der Waals surface area contributed by atoms with Crippen molar-refractivity contribution < 1.29 is 42.9 Å². The Hall–Kier alpha value is -8.09. The first kappa shape index (κ1) is 59.0. The normalized spacial score (nSPS) is 13.6. The molecule has 1 unspecified atom stereocenters. The van der Waals surface area contributed by atoms with Gasteiger partial charge in [0.2, 0.25) is 17.7 Å². The summed E-state index contributed by atoms with van der Waals surface area (Å²) >= 11 is 1.56. The number of nitrogens with zero attached hydrogens (tertiary/aromatic N) is 8. The van der Waals surface area contributed by atoms with E-state index in [-0.39, 0.29) is 49.3 Å². The molecule has 0 bridgehead atoms. The zero-order valence-electron chi connectivity index (χ0n) is 46.2. The molecule has 4 amide bonds. The molecule has 2 aliphatic rings. The Labute approximate surface area is 475 Å². The van der Waals surface area contributed by atoms with Crippen molar-refractivity contribution in [1.82, 2.24) is 50.2 Å². The summed E-state index contributed by atoms with van der Waals surface area (Å²) in [5, 5.41) is 12.0. The van der Waals surface area contributed by atoms with Gasteiger partial charge in [0.1, 0.15) is 42.2 Å². The van der Waals surface area contributed by atoms with E-state index in [9.17, 15) is 19.2 Å². The molecule has 0 radical (unpaired) electrons. The van der Waals surface area contributed by atoms with Crippen molar-refractivity contribution in [3.05, 3.63) is 126 Å². The molecule has 1 fully saturated rings. The van der Waals surface area contributed by atoms with Crippen LogP contribution in [0.15, 0.2) is 103 Å². The number of likely N-dealkylation sites (N-methyl/N-ethyl adjacent to an activating group) is 1. The third-order valence-electron chi connectivity index (χ3n) is 13.2. The van der Waals surface area contributed by atoms with Crippen molar-refractivity contribution in [3.63, 3.8) is 0 Å². The lowest BCUT2D eigenvalue weighted by Crippen LogP contribution is -2.46. The fraction of sp³-hybridized carbons (Fsp3) is 0.397. The number of ether oxygens (including phenoxy) is 5. The topological polar surface area (TPSA) is 264 Å². The van der Waals surface area contributed by atoms with Gasteiger partial charge in [0.25, 0.3) is 5.91 Å². The molecule has 81 heavy (non-hydrogen) atoms. The number of imidazole rings is 1. The lowest BCUT2D eigenvalue weighted by atomic mass is 10.1. The Morgan fingerprint density at radius 1 is 0.889 bits per heavy atom. The molecule has 3 aromatic carbocycles. The van der Waals surface area contributed by atoms with Gasteiger partial charge in [-0.15, -0.1) is 11.3 Å². The third kappa shape index (κ3) is 17.2. The number of nitrogens with two attached hydrogens (primary N) is 1. The van der Waals surface area contributed by atoms with Gasteiger partial charge in [-0.3, -0.25) is 24.2 Å². The largest absolute Gasteiger partial charge is 0.491 e. The van der Waals surface area contributed by atoms with E-state index < -0.39 is 6.04 Å². The van der Waals surface area contributed by atoms with E-state index in [0.717, 1.165) is 50.6 Å². The average Bonchev–Trinajstić information content (AvgIpc) is 4.32. The van der Waals surface area contributed by atoms with Gasteiger partial charge in [0.15, 0.2) is 11.5 Å². The number of thiazole rings is 1. The van der Waals surface area contributed by atoms with Crippen molar-refractivity contribution in [2.75, 3.05) is 102 Å². The number of fused-ring (bicyclic) bond motifs is 2. The van der Waals surface area contributed by atoms with Crippen LogP contribution in [0, 0.1) is 12.8 Å². The van der Waals surface area contributed by atoms with Gasteiger partial charge in [0, 0.05) is 87.3 Å². The van der Waals surface area contributed by atoms with Crippen molar-refractivity contribution in [1.29, 1.82) is 0 Å². The van der Waals surface area contributed by atoms with Gasteiger partial charge >= 0.3 is 0 Å². The number of rotatable bonds is 28. The maximum atomic E-state index is 13.3. The van der Waals surface area contributed by atoms with Crippen LogP contribution in [-0.4, -0.2) is 150 Å². The Morgan fingerprint density at radius 3 is 2.37 bits per heavy atom. The monoisotopic (exact) mass is 1130 g/mol. The number of nitrogen functional groups attached to an aromatic ring is 1. The minimum absolute atomic E-state index is 0.0284. The SMILES string of the molecule is Cc1ncsc1-c1ccc(CNC(=O)C2CCCN2C(=O)CC(C)C)c(OCCOCCOCCOCCOCC(=O)NCCN(C)c2ccc(Nc3nc(-c4cncc(N)n4)cn4ccnc34)cc2)c1.O=C1NCc2ccccc21. The molecule has 1 saturated heterocycles. The summed E-state index contributed by atoms with van der Waals surface area (Å²) in [6.45, 7) is 11.3. The number of likely N-dealkylation sites (tertiary alicyclic amines) is 1. The summed E-state index contributed by atoms with van der Waals surface area (Å²) in [6, 6.07) is 21.0. The van der Waals surface area contributed by atoms with E-state index >= 15 is 0 Å². The van der Waals surface area contributed by atoms with E-state index in [1.54, 1.807) is 28.6 Å². The van der Waals surface area contributed by atoms with E-state index in [4.69, 9.17) is 34.4 Å². The Bertz CT molecular complexity index is 3190. The minimum atomic E-state index is -0.454. The van der Waals surface area contributed by atoms with E-state index in [0.29, 0.717) is 120 Å². The molecule has 0 saturated carbocycles. The van der Waals surface area contributed by atoms with Crippen molar-refractivity contribution in [3.8, 4) is 27.6 Å². The first-order valence-corrected chi connectivity index (χ1v) is 27.9. The molecule has 428 valence electrons. The van der Waals surface area contributed by atoms with E-state index in [2.05, 4.69) is 41.2 Å². The van der Waals surface area contributed by atoms with Crippen LogP contribution in [0.5, 0.6) is 5.75 Å². The highest BCUT2D eigenvalue weighted by Crippen LogP contribution is 2.33. The molecular weight excluding hydrogens is 1050 g/mol. The zero-order chi connectivity index (χ0) is 56.9. The smallest absolute Gasteiger partial charge is 0.251 e. The van der Waals surface area contributed by atoms with Gasteiger partial charge in [-0.05, 0) is 73.2 Å². The minimum Gasteiger partial charge on any atom is -0.491 e. The summed E-state index contributed by atoms with van der Waals surface area (Å²) in [6.07, 6.45) is 10.4. The van der Waals surface area contributed by atoms with Crippen LogP contribution < -0.4 is 36.6 Å². The van der Waals surface area contributed by atoms with Gasteiger partial charge in [-0.2, -0.15) is 0 Å². The molecular formula is C58H71N13O9S. The number of benzene rings is 3. The van der Waals surface area contributed by atoms with Crippen LogP contribution in [0.4, 0.5) is 23.0 Å². The molecule has 2 aliphatic heterocycles. The molecule has 23 heteroatoms. The predicted molar refractivity (Wildman–Crippen MR) is 309 cm³/mol.